The van der Waals surface area contributed by atoms with Crippen LogP contribution in [0.25, 0.3) is 33.4 Å². The number of alkyl carbamates (subject to hydrolysis) is 1. The summed E-state index contributed by atoms with van der Waals surface area (Å²) >= 11 is 0. The van der Waals surface area contributed by atoms with E-state index in [-0.39, 0.29) is 18.5 Å². The number of carbonyl (C=O) groups excluding carboxylic acids is 1. The number of nitrogens with one attached hydrogen (secondary N) is 2. The van der Waals surface area contributed by atoms with Crippen molar-refractivity contribution in [2.45, 2.75) is 32.5 Å². The standard InChI is InChI=1S/C22H23F2N7O4/c1-4-14-16(20-31(28-14)8-11(10-34-20)26-22(32)33-3)17-15(12-6-5-7-25-18(12)27-17)13-9-30(2)29-19(13)35-21(23)24/h5-7,9,11,21H,4,8,10H2,1-3H3,(H,25,27)(H,26,32)/t11-/m0/s1. The van der Waals surface area contributed by atoms with E-state index in [0.29, 0.717) is 52.3 Å². The van der Waals surface area contributed by atoms with E-state index in [2.05, 4.69) is 25.1 Å². The molecule has 0 aliphatic carbocycles. The summed E-state index contributed by atoms with van der Waals surface area (Å²) in [5.41, 5.74) is 3.55. The van der Waals surface area contributed by atoms with Gasteiger partial charge in [-0.2, -0.15) is 13.9 Å². The van der Waals surface area contributed by atoms with Gasteiger partial charge >= 0.3 is 12.7 Å². The van der Waals surface area contributed by atoms with Gasteiger partial charge in [-0.1, -0.05) is 6.92 Å². The third-order valence-corrected chi connectivity index (χ3v) is 5.72. The number of rotatable bonds is 6. The Balaban J connectivity index is 1.68. The lowest BCUT2D eigenvalue weighted by atomic mass is 10.00. The summed E-state index contributed by atoms with van der Waals surface area (Å²) < 4.78 is 44.9. The Bertz CT molecular complexity index is 1390. The van der Waals surface area contributed by atoms with E-state index in [9.17, 15) is 13.6 Å². The van der Waals surface area contributed by atoms with Crippen molar-refractivity contribution in [2.24, 2.45) is 7.05 Å². The topological polar surface area (TPSA) is 121 Å². The quantitative estimate of drug-likeness (QED) is 0.429. The Kier molecular flexibility index (Phi) is 5.75. The van der Waals surface area contributed by atoms with E-state index >= 15 is 0 Å². The number of aromatic amines is 1. The maximum atomic E-state index is 13.2. The number of H-pyrrole nitrogens is 1. The summed E-state index contributed by atoms with van der Waals surface area (Å²) in [5.74, 6) is 0.300. The number of halogens is 2. The predicted molar refractivity (Wildman–Crippen MR) is 120 cm³/mol. The van der Waals surface area contributed by atoms with Crippen molar-refractivity contribution in [2.75, 3.05) is 13.7 Å². The molecule has 1 aliphatic rings. The summed E-state index contributed by atoms with van der Waals surface area (Å²) in [6.45, 7) is -0.499. The minimum atomic E-state index is -3.03. The fraction of sp³-hybridized carbons (Fsp3) is 0.364. The van der Waals surface area contributed by atoms with Crippen molar-refractivity contribution in [1.29, 1.82) is 0 Å². The molecule has 4 aromatic rings. The zero-order valence-electron chi connectivity index (χ0n) is 19.2. The molecule has 11 nitrogen and oxygen atoms in total. The Morgan fingerprint density at radius 1 is 1.37 bits per heavy atom. The van der Waals surface area contributed by atoms with Gasteiger partial charge in [0.2, 0.25) is 11.8 Å². The largest absolute Gasteiger partial charge is 0.475 e. The summed E-state index contributed by atoms with van der Waals surface area (Å²) in [6, 6.07) is 3.28. The minimum Gasteiger partial charge on any atom is -0.475 e. The molecule has 4 aromatic heterocycles. The van der Waals surface area contributed by atoms with Crippen LogP contribution in [0.15, 0.2) is 24.5 Å². The highest BCUT2D eigenvalue weighted by Crippen LogP contribution is 2.46. The number of amides is 1. The molecule has 5 heterocycles. The van der Waals surface area contributed by atoms with Gasteiger partial charge < -0.3 is 24.5 Å². The van der Waals surface area contributed by atoms with Crippen LogP contribution in [-0.2, 0) is 24.8 Å². The van der Waals surface area contributed by atoms with E-state index in [0.717, 1.165) is 5.69 Å². The number of aryl methyl sites for hydroxylation is 2. The van der Waals surface area contributed by atoms with E-state index in [4.69, 9.17) is 14.6 Å². The van der Waals surface area contributed by atoms with Gasteiger partial charge in [0.25, 0.3) is 0 Å². The van der Waals surface area contributed by atoms with Crippen molar-refractivity contribution < 1.29 is 27.8 Å². The highest BCUT2D eigenvalue weighted by molar-refractivity contribution is 6.04. The lowest BCUT2D eigenvalue weighted by molar-refractivity contribution is -0.0527. The number of aromatic nitrogens is 6. The Hall–Kier alpha value is -4.16. The molecule has 0 saturated carbocycles. The van der Waals surface area contributed by atoms with Gasteiger partial charge in [-0.05, 0) is 18.6 Å². The molecule has 184 valence electrons. The number of ether oxygens (including phenoxy) is 3. The summed E-state index contributed by atoms with van der Waals surface area (Å²) in [4.78, 5) is 19.4. The Morgan fingerprint density at radius 2 is 2.20 bits per heavy atom. The fourth-order valence-corrected chi connectivity index (χ4v) is 4.32. The second-order valence-electron chi connectivity index (χ2n) is 7.98. The number of hydrogen-bond acceptors (Lipinski definition) is 7. The molecule has 0 bridgehead atoms. The first-order chi connectivity index (χ1) is 16.9. The molecule has 1 atom stereocenters. The summed E-state index contributed by atoms with van der Waals surface area (Å²) in [7, 11) is 2.92. The Morgan fingerprint density at radius 3 is 2.94 bits per heavy atom. The number of fused-ring (bicyclic) bond motifs is 2. The van der Waals surface area contributed by atoms with Crippen LogP contribution >= 0.6 is 0 Å². The number of carbonyl (C=O) groups is 1. The first-order valence-corrected chi connectivity index (χ1v) is 10.9. The van der Waals surface area contributed by atoms with Crippen LogP contribution in [0.1, 0.15) is 12.6 Å². The first-order valence-electron chi connectivity index (χ1n) is 10.9. The first kappa shape index (κ1) is 22.6. The number of alkyl halides is 2. The lowest BCUT2D eigenvalue weighted by Crippen LogP contribution is -2.44. The highest BCUT2D eigenvalue weighted by atomic mass is 19.3. The maximum Gasteiger partial charge on any atom is 0.407 e. The van der Waals surface area contributed by atoms with E-state index in [1.807, 2.05) is 13.0 Å². The second-order valence-corrected chi connectivity index (χ2v) is 7.98. The molecule has 2 N–H and O–H groups in total. The molecule has 0 aromatic carbocycles. The molecule has 0 unspecified atom stereocenters. The Labute approximate surface area is 198 Å². The van der Waals surface area contributed by atoms with Crippen LogP contribution < -0.4 is 14.8 Å². The van der Waals surface area contributed by atoms with E-state index in [1.165, 1.54) is 11.8 Å². The maximum absolute atomic E-state index is 13.2. The van der Waals surface area contributed by atoms with Gasteiger partial charge in [-0.25, -0.2) is 14.5 Å². The van der Waals surface area contributed by atoms with Gasteiger partial charge in [0.15, 0.2) is 0 Å². The van der Waals surface area contributed by atoms with Crippen molar-refractivity contribution in [3.8, 4) is 34.1 Å². The molecule has 0 radical (unpaired) electrons. The molecule has 0 spiro atoms. The van der Waals surface area contributed by atoms with Crippen LogP contribution in [0.2, 0.25) is 0 Å². The zero-order valence-corrected chi connectivity index (χ0v) is 19.2. The van der Waals surface area contributed by atoms with Crippen LogP contribution in [0, 0.1) is 0 Å². The van der Waals surface area contributed by atoms with E-state index < -0.39 is 12.7 Å². The number of methoxy groups -OCH3 is 1. The SMILES string of the molecule is CCc1nn2c(c1-c1[nH]c3ncccc3c1-c1cn(C)nc1OC(F)F)OC[C@@H](NC(=O)OC)C2. The lowest BCUT2D eigenvalue weighted by Gasteiger charge is -2.25. The van der Waals surface area contributed by atoms with Crippen LogP contribution in [0.5, 0.6) is 11.8 Å². The van der Waals surface area contributed by atoms with Gasteiger partial charge in [-0.15, -0.1) is 5.10 Å². The van der Waals surface area contributed by atoms with Crippen molar-refractivity contribution in [1.82, 2.24) is 34.8 Å². The third-order valence-electron chi connectivity index (χ3n) is 5.72. The number of hydrogen-bond donors (Lipinski definition) is 2. The predicted octanol–water partition coefficient (Wildman–Crippen LogP) is 3.11. The molecule has 1 amide bonds. The highest BCUT2D eigenvalue weighted by Gasteiger charge is 2.32. The zero-order chi connectivity index (χ0) is 24.7. The normalized spacial score (nSPS) is 15.2. The van der Waals surface area contributed by atoms with Crippen LogP contribution in [0.4, 0.5) is 13.6 Å². The molecular formula is C22H23F2N7O4. The number of nitrogens with zero attached hydrogens (tertiary/aromatic N) is 5. The molecular weight excluding hydrogens is 464 g/mol. The summed E-state index contributed by atoms with van der Waals surface area (Å²) in [6.07, 6.45) is 3.27. The fourth-order valence-electron chi connectivity index (χ4n) is 4.32. The second kappa shape index (κ2) is 8.89. The van der Waals surface area contributed by atoms with Crippen molar-refractivity contribution in [3.05, 3.63) is 30.2 Å². The van der Waals surface area contributed by atoms with Crippen LogP contribution in [0.3, 0.4) is 0 Å². The van der Waals surface area contributed by atoms with Gasteiger partial charge in [0.05, 0.1) is 42.2 Å². The monoisotopic (exact) mass is 487 g/mol. The molecule has 13 heteroatoms. The molecule has 0 fully saturated rings. The third kappa shape index (κ3) is 4.02. The molecule has 5 rings (SSSR count). The van der Waals surface area contributed by atoms with Crippen molar-refractivity contribution >= 4 is 17.1 Å². The van der Waals surface area contributed by atoms with E-state index in [1.54, 1.807) is 30.2 Å². The van der Waals surface area contributed by atoms with Gasteiger partial charge in [0, 0.05) is 30.4 Å². The van der Waals surface area contributed by atoms with Crippen molar-refractivity contribution in [3.63, 3.8) is 0 Å². The van der Waals surface area contributed by atoms with Crippen LogP contribution in [-0.4, -0.2) is 62.0 Å². The smallest absolute Gasteiger partial charge is 0.407 e. The molecule has 35 heavy (non-hydrogen) atoms. The minimum absolute atomic E-state index is 0.198. The van der Waals surface area contributed by atoms with Gasteiger partial charge in [0.1, 0.15) is 12.3 Å². The average molecular weight is 487 g/mol. The molecule has 0 saturated heterocycles. The molecule has 1 aliphatic heterocycles. The number of pyridine rings is 1. The average Bonchev–Trinajstić information content (AvgIpc) is 3.49. The summed E-state index contributed by atoms with van der Waals surface area (Å²) in [5, 5.41) is 12.2. The van der Waals surface area contributed by atoms with Gasteiger partial charge in [-0.3, -0.25) is 4.68 Å².